The predicted octanol–water partition coefficient (Wildman–Crippen LogP) is -0.476. The number of aryl methyl sites for hydroxylation is 1. The molecule has 0 aromatic carbocycles. The number of rotatable bonds is 6. The molecule has 1 aromatic heterocycles. The summed E-state index contributed by atoms with van der Waals surface area (Å²) < 4.78 is 11.9. The van der Waals surface area contributed by atoms with Crippen LogP contribution in [-0.2, 0) is 23.1 Å². The summed E-state index contributed by atoms with van der Waals surface area (Å²) in [5.41, 5.74) is 0. The van der Waals surface area contributed by atoms with E-state index in [1.54, 1.807) is 20.5 Å². The van der Waals surface area contributed by atoms with Crippen LogP contribution in [0.5, 0.6) is 0 Å². The van der Waals surface area contributed by atoms with E-state index in [0.717, 1.165) is 5.82 Å². The summed E-state index contributed by atoms with van der Waals surface area (Å²) in [6, 6.07) is 0. The maximum absolute atomic E-state index is 5.02. The highest BCUT2D eigenvalue weighted by molar-refractivity contribution is 4.82. The number of hydrogen-bond donors (Lipinski definition) is 1. The van der Waals surface area contributed by atoms with Crippen LogP contribution in [0.25, 0.3) is 0 Å². The quantitative estimate of drug-likeness (QED) is 0.629. The Morgan fingerprint density at radius 3 is 2.71 bits per heavy atom. The van der Waals surface area contributed by atoms with Gasteiger partial charge in [-0.15, -0.1) is 10.2 Å². The van der Waals surface area contributed by atoms with E-state index in [9.17, 15) is 0 Å². The third kappa shape index (κ3) is 3.06. The minimum atomic E-state index is -0.219. The lowest BCUT2D eigenvalue weighted by atomic mass is 10.5. The molecule has 0 atom stereocenters. The molecule has 1 heterocycles. The number of aromatic nitrogens is 3. The van der Waals surface area contributed by atoms with Gasteiger partial charge in [0.15, 0.2) is 6.29 Å². The Bertz CT molecular complexity index is 260. The lowest BCUT2D eigenvalue weighted by molar-refractivity contribution is -0.0989. The SMILES string of the molecule is COC(CNCc1nncn1C)OC. The number of nitrogens with one attached hydrogen (secondary N) is 1. The van der Waals surface area contributed by atoms with Gasteiger partial charge in [-0.25, -0.2) is 0 Å². The number of methoxy groups -OCH3 is 2. The fourth-order valence-electron chi connectivity index (χ4n) is 1.03. The first kappa shape index (κ1) is 11.1. The van der Waals surface area contributed by atoms with E-state index in [1.807, 2.05) is 11.6 Å². The number of hydrogen-bond acceptors (Lipinski definition) is 5. The molecule has 0 aliphatic rings. The zero-order valence-electron chi connectivity index (χ0n) is 8.73. The minimum absolute atomic E-state index is 0.219. The van der Waals surface area contributed by atoms with Gasteiger partial charge < -0.3 is 19.4 Å². The van der Waals surface area contributed by atoms with Crippen molar-refractivity contribution in [1.29, 1.82) is 0 Å². The maximum Gasteiger partial charge on any atom is 0.169 e. The molecule has 0 bridgehead atoms. The van der Waals surface area contributed by atoms with Gasteiger partial charge in [0.1, 0.15) is 12.2 Å². The third-order valence-corrected chi connectivity index (χ3v) is 1.93. The molecule has 14 heavy (non-hydrogen) atoms. The molecule has 6 nitrogen and oxygen atoms in total. The predicted molar refractivity (Wildman–Crippen MR) is 50.5 cm³/mol. The second-order valence-electron chi connectivity index (χ2n) is 2.89. The van der Waals surface area contributed by atoms with Crippen molar-refractivity contribution in [3.05, 3.63) is 12.2 Å². The standard InChI is InChI=1S/C8H16N4O2/c1-12-6-10-11-7(12)4-9-5-8(13-2)14-3/h6,8-9H,4-5H2,1-3H3. The monoisotopic (exact) mass is 200 g/mol. The summed E-state index contributed by atoms with van der Waals surface area (Å²) in [6.45, 7) is 1.28. The molecule has 0 unspecified atom stereocenters. The number of ether oxygens (including phenoxy) is 2. The first-order chi connectivity index (χ1) is 6.77. The molecule has 0 amide bonds. The summed E-state index contributed by atoms with van der Waals surface area (Å²) in [7, 11) is 5.12. The topological polar surface area (TPSA) is 61.2 Å². The largest absolute Gasteiger partial charge is 0.355 e. The van der Waals surface area contributed by atoms with E-state index in [1.165, 1.54) is 0 Å². The van der Waals surface area contributed by atoms with Gasteiger partial charge >= 0.3 is 0 Å². The third-order valence-electron chi connectivity index (χ3n) is 1.93. The van der Waals surface area contributed by atoms with Gasteiger partial charge in [-0.3, -0.25) is 0 Å². The van der Waals surface area contributed by atoms with E-state index in [2.05, 4.69) is 15.5 Å². The van der Waals surface area contributed by atoms with Gasteiger partial charge in [0.25, 0.3) is 0 Å². The van der Waals surface area contributed by atoms with Crippen molar-refractivity contribution < 1.29 is 9.47 Å². The molecule has 1 rings (SSSR count). The Morgan fingerprint density at radius 1 is 1.50 bits per heavy atom. The fraction of sp³-hybridized carbons (Fsp3) is 0.750. The van der Waals surface area contributed by atoms with Crippen LogP contribution in [0.1, 0.15) is 5.82 Å². The second-order valence-corrected chi connectivity index (χ2v) is 2.89. The molecule has 6 heteroatoms. The van der Waals surface area contributed by atoms with E-state index in [-0.39, 0.29) is 6.29 Å². The Balaban J connectivity index is 2.24. The molecule has 1 aromatic rings. The summed E-state index contributed by atoms with van der Waals surface area (Å²) in [5.74, 6) is 0.885. The van der Waals surface area contributed by atoms with Crippen molar-refractivity contribution in [2.45, 2.75) is 12.8 Å². The van der Waals surface area contributed by atoms with Crippen LogP contribution in [0, 0.1) is 0 Å². The maximum atomic E-state index is 5.02. The van der Waals surface area contributed by atoms with Crippen LogP contribution in [0.3, 0.4) is 0 Å². The molecule has 0 aliphatic carbocycles. The average molecular weight is 200 g/mol. The van der Waals surface area contributed by atoms with Crippen LogP contribution in [0.2, 0.25) is 0 Å². The van der Waals surface area contributed by atoms with Gasteiger partial charge in [-0.2, -0.15) is 0 Å². The van der Waals surface area contributed by atoms with Crippen LogP contribution in [0.15, 0.2) is 6.33 Å². The molecular formula is C8H16N4O2. The van der Waals surface area contributed by atoms with Crippen LogP contribution >= 0.6 is 0 Å². The highest BCUT2D eigenvalue weighted by Gasteiger charge is 2.05. The summed E-state index contributed by atoms with van der Waals surface area (Å²) in [4.78, 5) is 0. The smallest absolute Gasteiger partial charge is 0.169 e. The first-order valence-electron chi connectivity index (χ1n) is 4.37. The molecule has 0 radical (unpaired) electrons. The van der Waals surface area contributed by atoms with Crippen molar-refractivity contribution in [1.82, 2.24) is 20.1 Å². The summed E-state index contributed by atoms with van der Waals surface area (Å²) in [6.07, 6.45) is 1.45. The molecule has 0 saturated carbocycles. The van der Waals surface area contributed by atoms with Crippen LogP contribution in [-0.4, -0.2) is 41.8 Å². The lowest BCUT2D eigenvalue weighted by Crippen LogP contribution is -2.30. The van der Waals surface area contributed by atoms with Crippen LogP contribution in [0.4, 0.5) is 0 Å². The second kappa shape index (κ2) is 5.69. The zero-order valence-corrected chi connectivity index (χ0v) is 8.73. The van der Waals surface area contributed by atoms with E-state index < -0.39 is 0 Å². The average Bonchev–Trinajstić information content (AvgIpc) is 2.59. The van der Waals surface area contributed by atoms with Crippen molar-refractivity contribution in [2.75, 3.05) is 20.8 Å². The van der Waals surface area contributed by atoms with Crippen LogP contribution < -0.4 is 5.32 Å². The molecule has 0 aliphatic heterocycles. The molecule has 0 saturated heterocycles. The van der Waals surface area contributed by atoms with Gasteiger partial charge in [-0.05, 0) is 0 Å². The zero-order chi connectivity index (χ0) is 10.4. The van der Waals surface area contributed by atoms with E-state index in [4.69, 9.17) is 9.47 Å². The van der Waals surface area contributed by atoms with Crippen molar-refractivity contribution in [3.8, 4) is 0 Å². The molecule has 80 valence electrons. The molecular weight excluding hydrogens is 184 g/mol. The molecule has 0 spiro atoms. The highest BCUT2D eigenvalue weighted by atomic mass is 16.7. The van der Waals surface area contributed by atoms with Gasteiger partial charge in [0.05, 0.1) is 6.54 Å². The Labute approximate surface area is 83.2 Å². The van der Waals surface area contributed by atoms with Gasteiger partial charge in [0.2, 0.25) is 0 Å². The summed E-state index contributed by atoms with van der Waals surface area (Å²) in [5, 5.41) is 10.9. The fourth-order valence-corrected chi connectivity index (χ4v) is 1.03. The normalized spacial score (nSPS) is 11.1. The van der Waals surface area contributed by atoms with E-state index in [0.29, 0.717) is 13.1 Å². The molecule has 0 fully saturated rings. The Kier molecular flexibility index (Phi) is 4.51. The van der Waals surface area contributed by atoms with Crippen molar-refractivity contribution in [2.24, 2.45) is 7.05 Å². The Morgan fingerprint density at radius 2 is 2.21 bits per heavy atom. The number of nitrogens with zero attached hydrogens (tertiary/aromatic N) is 3. The molecule has 1 N–H and O–H groups in total. The summed E-state index contributed by atoms with van der Waals surface area (Å²) >= 11 is 0. The van der Waals surface area contributed by atoms with Gasteiger partial charge in [-0.1, -0.05) is 0 Å². The van der Waals surface area contributed by atoms with Crippen molar-refractivity contribution in [3.63, 3.8) is 0 Å². The van der Waals surface area contributed by atoms with E-state index >= 15 is 0 Å². The van der Waals surface area contributed by atoms with Gasteiger partial charge in [0, 0.05) is 27.8 Å². The first-order valence-corrected chi connectivity index (χ1v) is 4.37. The Hall–Kier alpha value is -0.980. The van der Waals surface area contributed by atoms with Crippen molar-refractivity contribution >= 4 is 0 Å². The lowest BCUT2D eigenvalue weighted by Gasteiger charge is -2.13. The minimum Gasteiger partial charge on any atom is -0.355 e. The highest BCUT2D eigenvalue weighted by Crippen LogP contribution is 1.92.